The first kappa shape index (κ1) is 21.9. The van der Waals surface area contributed by atoms with Crippen LogP contribution >= 0.6 is 11.6 Å². The highest BCUT2D eigenvalue weighted by atomic mass is 35.5. The maximum atomic E-state index is 14.0. The highest BCUT2D eigenvalue weighted by Gasteiger charge is 2.37. The molecule has 0 bridgehead atoms. The third kappa shape index (κ3) is 4.64. The topological polar surface area (TPSA) is 83.1 Å². The van der Waals surface area contributed by atoms with Gasteiger partial charge < -0.3 is 10.1 Å². The number of hydrogen-bond donors (Lipinski definition) is 2. The molecule has 2 amide bonds. The minimum atomic E-state index is -2.83. The molecule has 4 rings (SSSR count). The number of urea groups is 1. The van der Waals surface area contributed by atoms with Crippen molar-refractivity contribution in [3.8, 4) is 5.88 Å². The first-order valence-electron chi connectivity index (χ1n) is 9.72. The van der Waals surface area contributed by atoms with Crippen molar-refractivity contribution in [3.05, 3.63) is 64.3 Å². The zero-order chi connectivity index (χ0) is 22.9. The summed E-state index contributed by atoms with van der Waals surface area (Å²) in [6.45, 7) is -0.0866. The van der Waals surface area contributed by atoms with Crippen molar-refractivity contribution in [2.75, 3.05) is 17.3 Å². The van der Waals surface area contributed by atoms with Crippen molar-refractivity contribution in [1.29, 1.82) is 0 Å². The summed E-state index contributed by atoms with van der Waals surface area (Å²) in [5.41, 5.74) is 2.04. The molecular formula is C21H19ClF3N5O2. The Labute approximate surface area is 186 Å². The van der Waals surface area contributed by atoms with E-state index in [-0.39, 0.29) is 30.1 Å². The fourth-order valence-corrected chi connectivity index (χ4v) is 3.67. The van der Waals surface area contributed by atoms with Crippen LogP contribution in [0.4, 0.5) is 29.3 Å². The average molecular weight is 466 g/mol. The number of fused-ring (bicyclic) bond motifs is 1. The van der Waals surface area contributed by atoms with Gasteiger partial charge in [-0.3, -0.25) is 10.00 Å². The number of aromatic amines is 1. The van der Waals surface area contributed by atoms with E-state index in [0.29, 0.717) is 28.5 Å². The number of amides is 2. The number of alkyl halides is 2. The number of halogens is 4. The van der Waals surface area contributed by atoms with Gasteiger partial charge in [-0.05, 0) is 30.7 Å². The van der Waals surface area contributed by atoms with E-state index in [9.17, 15) is 18.0 Å². The Hall–Kier alpha value is -3.27. The van der Waals surface area contributed by atoms with E-state index in [4.69, 9.17) is 16.3 Å². The van der Waals surface area contributed by atoms with Crippen LogP contribution in [0.5, 0.6) is 5.88 Å². The number of anilines is 2. The summed E-state index contributed by atoms with van der Waals surface area (Å²) >= 11 is 5.80. The number of benzene rings is 1. The number of aryl methyl sites for hydroxylation is 1. The maximum Gasteiger partial charge on any atom is 0.326 e. The van der Waals surface area contributed by atoms with Crippen molar-refractivity contribution in [3.63, 3.8) is 0 Å². The zero-order valence-corrected chi connectivity index (χ0v) is 17.7. The van der Waals surface area contributed by atoms with Gasteiger partial charge in [0.15, 0.2) is 0 Å². The minimum Gasteiger partial charge on any atom is -0.481 e. The van der Waals surface area contributed by atoms with E-state index in [2.05, 4.69) is 20.5 Å². The van der Waals surface area contributed by atoms with E-state index < -0.39 is 24.2 Å². The molecule has 0 aliphatic heterocycles. The predicted octanol–water partition coefficient (Wildman–Crippen LogP) is 4.97. The Morgan fingerprint density at radius 3 is 2.84 bits per heavy atom. The number of rotatable bonds is 5. The molecule has 0 fully saturated rings. The van der Waals surface area contributed by atoms with Gasteiger partial charge in [0.2, 0.25) is 5.88 Å². The minimum absolute atomic E-state index is 0.0866. The van der Waals surface area contributed by atoms with Crippen LogP contribution in [-0.4, -0.2) is 34.2 Å². The number of H-pyrrole nitrogens is 1. The van der Waals surface area contributed by atoms with Crippen LogP contribution in [0.3, 0.4) is 0 Å². The number of aromatic nitrogens is 3. The highest BCUT2D eigenvalue weighted by Crippen LogP contribution is 2.34. The first-order valence-corrected chi connectivity index (χ1v) is 10.1. The lowest BCUT2D eigenvalue weighted by Crippen LogP contribution is -2.35. The Bertz CT molecular complexity index is 1140. The number of ether oxygens (including phenoxy) is 1. The molecule has 2 aromatic heterocycles. The Kier molecular flexibility index (Phi) is 5.96. The van der Waals surface area contributed by atoms with Crippen LogP contribution in [0.1, 0.15) is 23.4 Å². The summed E-state index contributed by atoms with van der Waals surface area (Å²) in [4.78, 5) is 18.5. The lowest BCUT2D eigenvalue weighted by molar-refractivity contribution is -0.0126. The molecule has 0 saturated heterocycles. The summed E-state index contributed by atoms with van der Waals surface area (Å²) in [5.74, 6) is -3.10. The Balaban J connectivity index is 1.64. The van der Waals surface area contributed by atoms with Gasteiger partial charge in [0.05, 0.1) is 36.3 Å². The second kappa shape index (κ2) is 8.70. The van der Waals surface area contributed by atoms with Gasteiger partial charge >= 0.3 is 6.03 Å². The fourth-order valence-electron chi connectivity index (χ4n) is 3.49. The molecule has 0 spiro atoms. The first-order chi connectivity index (χ1) is 15.3. The number of nitrogens with zero attached hydrogens (tertiary/aromatic N) is 3. The number of methoxy groups -OCH3 is 1. The quantitative estimate of drug-likeness (QED) is 0.557. The van der Waals surface area contributed by atoms with Crippen LogP contribution < -0.4 is 15.0 Å². The molecule has 3 aromatic rings. The summed E-state index contributed by atoms with van der Waals surface area (Å²) in [7, 11) is 1.46. The highest BCUT2D eigenvalue weighted by molar-refractivity contribution is 6.31. The molecule has 0 unspecified atom stereocenters. The van der Waals surface area contributed by atoms with Gasteiger partial charge in [-0.15, -0.1) is 0 Å². The molecule has 1 aromatic carbocycles. The van der Waals surface area contributed by atoms with E-state index in [1.165, 1.54) is 30.3 Å². The normalized spacial score (nSPS) is 14.5. The van der Waals surface area contributed by atoms with Crippen molar-refractivity contribution in [2.24, 2.45) is 0 Å². The molecule has 1 aliphatic rings. The molecular weight excluding hydrogens is 447 g/mol. The number of carbonyl (C=O) groups is 1. The maximum absolute atomic E-state index is 14.0. The van der Waals surface area contributed by atoms with Crippen LogP contribution in [0.2, 0.25) is 5.02 Å². The number of carbonyl (C=O) groups excluding carboxylic acids is 1. The lowest BCUT2D eigenvalue weighted by Gasteiger charge is -2.25. The van der Waals surface area contributed by atoms with Crippen molar-refractivity contribution < 1.29 is 22.7 Å². The van der Waals surface area contributed by atoms with Crippen LogP contribution in [0.15, 0.2) is 36.5 Å². The van der Waals surface area contributed by atoms with Gasteiger partial charge in [0, 0.05) is 35.9 Å². The molecule has 0 radical (unpaired) electrons. The summed E-state index contributed by atoms with van der Waals surface area (Å²) in [6, 6.07) is 6.34. The number of hydrogen-bond acceptors (Lipinski definition) is 4. The van der Waals surface area contributed by atoms with Gasteiger partial charge in [0.1, 0.15) is 5.82 Å². The second-order valence-corrected chi connectivity index (χ2v) is 7.77. The van der Waals surface area contributed by atoms with Crippen LogP contribution in [-0.2, 0) is 19.4 Å². The molecule has 2 N–H and O–H groups in total. The molecule has 32 heavy (non-hydrogen) atoms. The third-order valence-electron chi connectivity index (χ3n) is 5.18. The third-order valence-corrected chi connectivity index (χ3v) is 5.47. The van der Waals surface area contributed by atoms with Crippen LogP contribution in [0, 0.1) is 5.82 Å². The fraction of sp³-hybridized carbons (Fsp3) is 0.286. The monoisotopic (exact) mass is 465 g/mol. The van der Waals surface area contributed by atoms with E-state index in [1.807, 2.05) is 0 Å². The Morgan fingerprint density at radius 1 is 1.34 bits per heavy atom. The van der Waals surface area contributed by atoms with E-state index in [1.54, 1.807) is 12.1 Å². The second-order valence-electron chi connectivity index (χ2n) is 7.36. The van der Waals surface area contributed by atoms with Gasteiger partial charge in [0.25, 0.3) is 5.92 Å². The molecule has 168 valence electrons. The van der Waals surface area contributed by atoms with Crippen LogP contribution in [0.25, 0.3) is 0 Å². The van der Waals surface area contributed by atoms with Crippen molar-refractivity contribution in [2.45, 2.75) is 31.7 Å². The summed E-state index contributed by atoms with van der Waals surface area (Å²) in [6.07, 6.45) is 0.904. The van der Waals surface area contributed by atoms with Crippen molar-refractivity contribution >= 4 is 29.0 Å². The number of pyridine rings is 1. The lowest BCUT2D eigenvalue weighted by atomic mass is 9.92. The molecule has 2 heterocycles. The van der Waals surface area contributed by atoms with E-state index in [0.717, 1.165) is 6.07 Å². The standard InChI is InChI=1S/C21H19ClF3N5O2/c1-32-19-5-3-13(10-26-19)30(20(31)27-12-2-4-16(23)15(22)8-12)11-18-14-9-21(24,25)7-6-17(14)28-29-18/h2-5,8,10H,6-7,9,11H2,1H3,(H,27,31)(H,28,29). The average Bonchev–Trinajstić information content (AvgIpc) is 3.15. The molecule has 0 saturated carbocycles. The Morgan fingerprint density at radius 2 is 2.16 bits per heavy atom. The van der Waals surface area contributed by atoms with E-state index >= 15 is 0 Å². The zero-order valence-electron chi connectivity index (χ0n) is 17.0. The molecule has 0 atom stereocenters. The van der Waals surface area contributed by atoms with Crippen molar-refractivity contribution in [1.82, 2.24) is 15.2 Å². The van der Waals surface area contributed by atoms with Gasteiger partial charge in [-0.1, -0.05) is 11.6 Å². The predicted molar refractivity (Wildman–Crippen MR) is 113 cm³/mol. The van der Waals surface area contributed by atoms with Gasteiger partial charge in [-0.2, -0.15) is 5.10 Å². The molecule has 1 aliphatic carbocycles. The molecule has 7 nitrogen and oxygen atoms in total. The largest absolute Gasteiger partial charge is 0.481 e. The van der Waals surface area contributed by atoms with Gasteiger partial charge in [-0.25, -0.2) is 22.9 Å². The smallest absolute Gasteiger partial charge is 0.326 e. The summed E-state index contributed by atoms with van der Waals surface area (Å²) < 4.78 is 46.5. The number of nitrogens with one attached hydrogen (secondary N) is 2. The molecule has 11 heteroatoms. The SMILES string of the molecule is COc1ccc(N(Cc2n[nH]c3c2CC(F)(F)CC3)C(=O)Nc2ccc(F)c(Cl)c2)cn1. The summed E-state index contributed by atoms with van der Waals surface area (Å²) in [5, 5.41) is 9.47.